The first kappa shape index (κ1) is 25.6. The summed E-state index contributed by atoms with van der Waals surface area (Å²) in [6.07, 6.45) is -2.99. The molecule has 5 atom stereocenters. The minimum absolute atomic E-state index is 0.00336. The van der Waals surface area contributed by atoms with Crippen LogP contribution in [0, 0.1) is 0 Å². The van der Waals surface area contributed by atoms with Gasteiger partial charge in [0.05, 0.1) is 25.0 Å². The van der Waals surface area contributed by atoms with Crippen LogP contribution >= 0.6 is 0 Å². The zero-order valence-electron chi connectivity index (χ0n) is 17.9. The number of carbonyl (C=O) groups is 2. The number of carbonyl (C=O) groups excluding carboxylic acids is 2. The van der Waals surface area contributed by atoms with Gasteiger partial charge in [-0.1, -0.05) is 35.4 Å². The van der Waals surface area contributed by atoms with Crippen LogP contribution in [0.15, 0.2) is 35.4 Å². The van der Waals surface area contributed by atoms with Gasteiger partial charge < -0.3 is 19.5 Å². The number of amides is 1. The molecule has 1 aliphatic heterocycles. The zero-order valence-corrected chi connectivity index (χ0v) is 18.7. The average molecular weight is 471 g/mol. The van der Waals surface area contributed by atoms with E-state index >= 15 is 0 Å². The van der Waals surface area contributed by atoms with E-state index in [4.69, 9.17) is 23.9 Å². The lowest BCUT2D eigenvalue weighted by Crippen LogP contribution is -2.56. The number of Topliss-reactive ketones (excluding diaryl/α,β-unsaturated/α-hetero) is 1. The van der Waals surface area contributed by atoms with Crippen molar-refractivity contribution in [1.29, 1.82) is 0 Å². The molecule has 1 heterocycles. The third-order valence-corrected chi connectivity index (χ3v) is 5.27. The number of azide groups is 1. The van der Waals surface area contributed by atoms with Crippen LogP contribution in [0.5, 0.6) is 0 Å². The summed E-state index contributed by atoms with van der Waals surface area (Å²) in [6.45, 7) is 1.36. The summed E-state index contributed by atoms with van der Waals surface area (Å²) in [7, 11) is -2.45. The third kappa shape index (κ3) is 7.77. The van der Waals surface area contributed by atoms with E-state index in [9.17, 15) is 18.0 Å². The summed E-state index contributed by atoms with van der Waals surface area (Å²) in [6, 6.07) is 6.79. The predicted octanol–water partition coefficient (Wildman–Crippen LogP) is 1.70. The summed E-state index contributed by atoms with van der Waals surface area (Å²) in [5, 5.41) is 6.01. The summed E-state index contributed by atoms with van der Waals surface area (Å²) >= 11 is 0. The molecule has 1 N–H and O–H groups in total. The van der Waals surface area contributed by atoms with Crippen LogP contribution in [0.4, 0.5) is 4.79 Å². The van der Waals surface area contributed by atoms with Crippen molar-refractivity contribution in [1.82, 2.24) is 5.32 Å². The first-order valence-corrected chi connectivity index (χ1v) is 11.5. The number of ketones is 1. The molecule has 1 aliphatic rings. The molecule has 12 nitrogen and oxygen atoms in total. The molecule has 0 bridgehead atoms. The smallest absolute Gasteiger partial charge is 0.408 e. The Labute approximate surface area is 185 Å². The maximum Gasteiger partial charge on any atom is 0.408 e. The molecule has 0 aliphatic carbocycles. The van der Waals surface area contributed by atoms with E-state index in [-0.39, 0.29) is 19.6 Å². The summed E-state index contributed by atoms with van der Waals surface area (Å²) < 4.78 is 43.8. The van der Waals surface area contributed by atoms with Crippen LogP contribution in [0.2, 0.25) is 0 Å². The standard InChI is InChI=1S/C19H26N4O8S/c1-12-16(31-32(3,26)27)9-14(22-23-20)18(30-12)17(24)15(11-28-2)21-19(25)29-10-13-7-5-4-6-8-13/h4-8,12,14-16,18H,9-11H2,1-3H3,(H,21,25)/t12-,14-,15+,16+,18-/m1/s1. The van der Waals surface area contributed by atoms with Gasteiger partial charge in [-0.25, -0.2) is 4.79 Å². The molecular formula is C19H26N4O8S. The highest BCUT2D eigenvalue weighted by molar-refractivity contribution is 7.86. The number of ether oxygens (including phenoxy) is 3. The molecule has 1 fully saturated rings. The highest BCUT2D eigenvalue weighted by Crippen LogP contribution is 2.27. The lowest BCUT2D eigenvalue weighted by atomic mass is 9.92. The first-order chi connectivity index (χ1) is 15.1. The maximum absolute atomic E-state index is 13.1. The Hall–Kier alpha value is -2.70. The lowest BCUT2D eigenvalue weighted by molar-refractivity contribution is -0.152. The molecule has 1 aromatic carbocycles. The maximum atomic E-state index is 13.1. The Kier molecular flexibility index (Phi) is 9.42. The topological polar surface area (TPSA) is 166 Å². The zero-order chi connectivity index (χ0) is 23.7. The van der Waals surface area contributed by atoms with Gasteiger partial charge in [-0.3, -0.25) is 8.98 Å². The molecular weight excluding hydrogens is 444 g/mol. The van der Waals surface area contributed by atoms with E-state index in [0.717, 1.165) is 11.8 Å². The molecule has 0 spiro atoms. The van der Waals surface area contributed by atoms with Gasteiger partial charge in [-0.05, 0) is 24.4 Å². The van der Waals surface area contributed by atoms with Crippen molar-refractivity contribution in [2.24, 2.45) is 5.11 Å². The number of alkyl carbamates (subject to hydrolysis) is 1. The number of methoxy groups -OCH3 is 1. The van der Waals surface area contributed by atoms with Gasteiger partial charge in [-0.15, -0.1) is 0 Å². The fourth-order valence-electron chi connectivity index (χ4n) is 3.20. The van der Waals surface area contributed by atoms with Crippen LogP contribution in [-0.4, -0.2) is 70.7 Å². The lowest BCUT2D eigenvalue weighted by Gasteiger charge is -2.38. The van der Waals surface area contributed by atoms with Gasteiger partial charge in [0, 0.05) is 12.0 Å². The van der Waals surface area contributed by atoms with Crippen LogP contribution in [0.1, 0.15) is 18.9 Å². The van der Waals surface area contributed by atoms with E-state index in [2.05, 4.69) is 15.3 Å². The van der Waals surface area contributed by atoms with Crippen molar-refractivity contribution in [2.45, 2.75) is 50.3 Å². The van der Waals surface area contributed by atoms with Crippen molar-refractivity contribution in [3.05, 3.63) is 46.3 Å². The molecule has 0 aromatic heterocycles. The first-order valence-electron chi connectivity index (χ1n) is 9.72. The Morgan fingerprint density at radius 3 is 2.62 bits per heavy atom. The molecule has 0 unspecified atom stereocenters. The quantitative estimate of drug-likeness (QED) is 0.233. The SMILES string of the molecule is COC[C@H](NC(=O)OCc1ccccc1)C(=O)[C@@H]1O[C@H](C)[C@@H](OS(C)(=O)=O)C[C@H]1N=[N+]=[N-]. The van der Waals surface area contributed by atoms with Gasteiger partial charge in [-0.2, -0.15) is 8.42 Å². The second-order valence-electron chi connectivity index (χ2n) is 7.22. The summed E-state index contributed by atoms with van der Waals surface area (Å²) in [5.74, 6) is -0.606. The van der Waals surface area contributed by atoms with E-state index in [1.54, 1.807) is 24.3 Å². The second kappa shape index (κ2) is 11.8. The van der Waals surface area contributed by atoms with E-state index < -0.39 is 52.4 Å². The normalized spacial score (nSPS) is 24.1. The Balaban J connectivity index is 2.08. The summed E-state index contributed by atoms with van der Waals surface area (Å²) in [4.78, 5) is 28.0. The molecule has 2 rings (SSSR count). The van der Waals surface area contributed by atoms with Crippen molar-refractivity contribution in [3.63, 3.8) is 0 Å². The van der Waals surface area contributed by atoms with E-state index in [0.29, 0.717) is 0 Å². The fourth-order valence-corrected chi connectivity index (χ4v) is 3.89. The van der Waals surface area contributed by atoms with Crippen LogP contribution in [-0.2, 0) is 39.9 Å². The number of nitrogens with zero attached hydrogens (tertiary/aromatic N) is 3. The van der Waals surface area contributed by atoms with Crippen LogP contribution < -0.4 is 5.32 Å². The Morgan fingerprint density at radius 2 is 2.03 bits per heavy atom. The van der Waals surface area contributed by atoms with Crippen molar-refractivity contribution < 1.29 is 36.4 Å². The minimum Gasteiger partial charge on any atom is -0.445 e. The molecule has 1 aromatic rings. The highest BCUT2D eigenvalue weighted by atomic mass is 32.2. The van der Waals surface area contributed by atoms with Gasteiger partial charge in [0.1, 0.15) is 24.9 Å². The van der Waals surface area contributed by atoms with Crippen molar-refractivity contribution in [2.75, 3.05) is 20.0 Å². The molecule has 13 heteroatoms. The van der Waals surface area contributed by atoms with E-state index in [1.165, 1.54) is 14.0 Å². The van der Waals surface area contributed by atoms with Crippen LogP contribution in [0.25, 0.3) is 10.4 Å². The monoisotopic (exact) mass is 470 g/mol. The van der Waals surface area contributed by atoms with Gasteiger partial charge in [0.2, 0.25) is 0 Å². The number of rotatable bonds is 10. The second-order valence-corrected chi connectivity index (χ2v) is 8.83. The summed E-state index contributed by atoms with van der Waals surface area (Å²) in [5.41, 5.74) is 9.65. The molecule has 1 saturated heterocycles. The Morgan fingerprint density at radius 1 is 1.34 bits per heavy atom. The average Bonchev–Trinajstić information content (AvgIpc) is 2.73. The van der Waals surface area contributed by atoms with E-state index in [1.807, 2.05) is 6.07 Å². The minimum atomic E-state index is -3.80. The number of nitrogens with one attached hydrogen (secondary N) is 1. The molecule has 1 amide bonds. The van der Waals surface area contributed by atoms with Crippen molar-refractivity contribution in [3.8, 4) is 0 Å². The third-order valence-electron chi connectivity index (χ3n) is 4.67. The predicted molar refractivity (Wildman–Crippen MR) is 112 cm³/mol. The number of hydrogen-bond donors (Lipinski definition) is 1. The largest absolute Gasteiger partial charge is 0.445 e. The molecule has 0 radical (unpaired) electrons. The number of benzene rings is 1. The molecule has 32 heavy (non-hydrogen) atoms. The van der Waals surface area contributed by atoms with Crippen molar-refractivity contribution >= 4 is 22.0 Å². The highest BCUT2D eigenvalue weighted by Gasteiger charge is 2.43. The van der Waals surface area contributed by atoms with Gasteiger partial charge in [0.25, 0.3) is 10.1 Å². The molecule has 0 saturated carbocycles. The van der Waals surface area contributed by atoms with Crippen LogP contribution in [0.3, 0.4) is 0 Å². The van der Waals surface area contributed by atoms with Gasteiger partial charge >= 0.3 is 6.09 Å². The Bertz CT molecular complexity index is 936. The fraction of sp³-hybridized carbons (Fsp3) is 0.579. The number of hydrogen-bond acceptors (Lipinski definition) is 9. The molecule has 176 valence electrons. The van der Waals surface area contributed by atoms with Gasteiger partial charge in [0.15, 0.2) is 5.78 Å².